The average Bonchev–Trinajstić information content (AvgIpc) is 2.45. The van der Waals surface area contributed by atoms with Gasteiger partial charge in [-0.05, 0) is 12.1 Å². The molecule has 4 N–H and O–H groups in total. The summed E-state index contributed by atoms with van der Waals surface area (Å²) >= 11 is 0. The Balaban J connectivity index is 2.74. The zero-order chi connectivity index (χ0) is 15.9. The highest BCUT2D eigenvalue weighted by molar-refractivity contribution is 7.89. The van der Waals surface area contributed by atoms with Crippen molar-refractivity contribution in [2.75, 3.05) is 26.8 Å². The van der Waals surface area contributed by atoms with Crippen LogP contribution in [0.5, 0.6) is 0 Å². The lowest BCUT2D eigenvalue weighted by atomic mass is 10.2. The summed E-state index contributed by atoms with van der Waals surface area (Å²) in [5, 5.41) is 2.46. The van der Waals surface area contributed by atoms with Gasteiger partial charge in [-0.25, -0.2) is 17.5 Å². The van der Waals surface area contributed by atoms with Gasteiger partial charge >= 0.3 is 0 Å². The van der Waals surface area contributed by atoms with E-state index in [1.54, 1.807) is 0 Å². The number of amides is 1. The van der Waals surface area contributed by atoms with E-state index in [-0.39, 0.29) is 23.5 Å². The summed E-state index contributed by atoms with van der Waals surface area (Å²) in [4.78, 5) is 11.2. The maximum atomic E-state index is 13.5. The first kappa shape index (κ1) is 17.5. The van der Waals surface area contributed by atoms with E-state index in [1.165, 1.54) is 19.2 Å². The summed E-state index contributed by atoms with van der Waals surface area (Å²) in [6.45, 7) is -0.125. The van der Waals surface area contributed by atoms with E-state index in [0.29, 0.717) is 6.61 Å². The third-order valence-electron chi connectivity index (χ3n) is 2.62. The number of methoxy groups -OCH3 is 1. The first-order valence-electron chi connectivity index (χ1n) is 6.15. The highest BCUT2D eigenvalue weighted by atomic mass is 32.2. The molecule has 9 heteroatoms. The van der Waals surface area contributed by atoms with Crippen molar-refractivity contribution in [2.45, 2.75) is 11.4 Å². The second-order valence-corrected chi connectivity index (χ2v) is 5.82. The van der Waals surface area contributed by atoms with Crippen molar-refractivity contribution in [1.82, 2.24) is 10.0 Å². The second kappa shape index (κ2) is 8.03. The molecule has 0 spiro atoms. The highest BCUT2D eigenvalue weighted by Gasteiger charge is 2.20. The van der Waals surface area contributed by atoms with Crippen molar-refractivity contribution in [3.8, 4) is 0 Å². The molecule has 0 bridgehead atoms. The molecular formula is C12H18FN3O4S. The van der Waals surface area contributed by atoms with Crippen LogP contribution in [0.2, 0.25) is 0 Å². The smallest absolute Gasteiger partial charge is 0.241 e. The number of carbonyl (C=O) groups is 1. The van der Waals surface area contributed by atoms with Crippen molar-refractivity contribution in [2.24, 2.45) is 5.73 Å². The number of rotatable bonds is 8. The summed E-state index contributed by atoms with van der Waals surface area (Å²) in [5.41, 5.74) is 5.24. The number of nitrogens with one attached hydrogen (secondary N) is 2. The van der Waals surface area contributed by atoms with E-state index in [4.69, 9.17) is 10.5 Å². The fraction of sp³-hybridized carbons (Fsp3) is 0.417. The largest absolute Gasteiger partial charge is 0.383 e. The third kappa shape index (κ3) is 5.05. The molecule has 0 heterocycles. The van der Waals surface area contributed by atoms with Gasteiger partial charge in [0.05, 0.1) is 18.0 Å². The number of ether oxygens (including phenoxy) is 1. The number of sulfonamides is 1. The fourth-order valence-electron chi connectivity index (χ4n) is 1.58. The van der Waals surface area contributed by atoms with Gasteiger partial charge in [0, 0.05) is 25.8 Å². The number of benzene rings is 1. The minimum Gasteiger partial charge on any atom is -0.383 e. The van der Waals surface area contributed by atoms with Crippen LogP contribution in [0.15, 0.2) is 23.1 Å². The van der Waals surface area contributed by atoms with Gasteiger partial charge in [-0.1, -0.05) is 6.07 Å². The van der Waals surface area contributed by atoms with Gasteiger partial charge in [-0.2, -0.15) is 0 Å². The van der Waals surface area contributed by atoms with Crippen LogP contribution in [0, 0.1) is 5.82 Å². The summed E-state index contributed by atoms with van der Waals surface area (Å²) in [5.74, 6) is -1.22. The Morgan fingerprint density at radius 1 is 1.43 bits per heavy atom. The molecule has 21 heavy (non-hydrogen) atoms. The molecule has 1 aromatic rings. The van der Waals surface area contributed by atoms with Gasteiger partial charge in [-0.3, -0.25) is 4.79 Å². The monoisotopic (exact) mass is 319 g/mol. The predicted molar refractivity (Wildman–Crippen MR) is 74.4 cm³/mol. The van der Waals surface area contributed by atoms with Crippen molar-refractivity contribution in [1.29, 1.82) is 0 Å². The lowest BCUT2D eigenvalue weighted by molar-refractivity contribution is -0.120. The molecule has 7 nitrogen and oxygen atoms in total. The van der Waals surface area contributed by atoms with Gasteiger partial charge in [-0.15, -0.1) is 0 Å². The zero-order valence-corrected chi connectivity index (χ0v) is 12.4. The number of halogens is 1. The van der Waals surface area contributed by atoms with E-state index in [9.17, 15) is 17.6 Å². The van der Waals surface area contributed by atoms with Crippen molar-refractivity contribution < 1.29 is 22.3 Å². The standard InChI is InChI=1S/C12H18FN3O4S/c1-20-6-5-15-12(17)8-16-21(18,19)11-4-2-3-10(13)9(11)7-14/h2-4,16H,5-8,14H2,1H3,(H,15,17). The SMILES string of the molecule is COCCNC(=O)CNS(=O)(=O)c1cccc(F)c1CN. The van der Waals surface area contributed by atoms with E-state index < -0.39 is 28.3 Å². The Labute approximate surface area is 122 Å². The number of hydrogen-bond acceptors (Lipinski definition) is 5. The number of carbonyl (C=O) groups excluding carboxylic acids is 1. The summed E-state index contributed by atoms with van der Waals surface area (Å²) in [7, 11) is -2.53. The lowest BCUT2D eigenvalue weighted by Gasteiger charge is -2.11. The Kier molecular flexibility index (Phi) is 6.69. The molecule has 0 unspecified atom stereocenters. The Morgan fingerprint density at radius 3 is 2.76 bits per heavy atom. The molecule has 0 saturated carbocycles. The maximum Gasteiger partial charge on any atom is 0.241 e. The van der Waals surface area contributed by atoms with Crippen molar-refractivity contribution in [3.05, 3.63) is 29.6 Å². The van der Waals surface area contributed by atoms with Gasteiger partial charge < -0.3 is 15.8 Å². The number of nitrogens with two attached hydrogens (primary N) is 1. The third-order valence-corrected chi connectivity index (χ3v) is 4.11. The normalized spacial score (nSPS) is 11.4. The maximum absolute atomic E-state index is 13.5. The second-order valence-electron chi connectivity index (χ2n) is 4.09. The Hall–Kier alpha value is -1.55. The molecule has 118 valence electrons. The zero-order valence-electron chi connectivity index (χ0n) is 11.6. The van der Waals surface area contributed by atoms with E-state index in [0.717, 1.165) is 6.07 Å². The molecule has 1 rings (SSSR count). The molecular weight excluding hydrogens is 301 g/mol. The highest BCUT2D eigenvalue weighted by Crippen LogP contribution is 2.17. The molecule has 0 aliphatic rings. The summed E-state index contributed by atoms with van der Waals surface area (Å²) < 4.78 is 44.5. The summed E-state index contributed by atoms with van der Waals surface area (Å²) in [6, 6.07) is 3.62. The van der Waals surface area contributed by atoms with Crippen molar-refractivity contribution in [3.63, 3.8) is 0 Å². The molecule has 1 amide bonds. The Bertz CT molecular complexity index is 592. The molecule has 0 aromatic heterocycles. The lowest BCUT2D eigenvalue weighted by Crippen LogP contribution is -2.38. The van der Waals surface area contributed by atoms with Crippen LogP contribution in [-0.2, 0) is 26.1 Å². The minimum absolute atomic E-state index is 0.121. The molecule has 0 aliphatic heterocycles. The van der Waals surface area contributed by atoms with Gasteiger partial charge in [0.25, 0.3) is 0 Å². The van der Waals surface area contributed by atoms with Gasteiger partial charge in [0.1, 0.15) is 5.82 Å². The van der Waals surface area contributed by atoms with E-state index in [1.807, 2.05) is 0 Å². The van der Waals surface area contributed by atoms with Crippen LogP contribution in [-0.4, -0.2) is 41.1 Å². The van der Waals surface area contributed by atoms with Crippen LogP contribution in [0.1, 0.15) is 5.56 Å². The first-order valence-corrected chi connectivity index (χ1v) is 7.63. The quantitative estimate of drug-likeness (QED) is 0.550. The van der Waals surface area contributed by atoms with E-state index in [2.05, 4.69) is 10.0 Å². The van der Waals surface area contributed by atoms with Crippen LogP contribution in [0.25, 0.3) is 0 Å². The van der Waals surface area contributed by atoms with Gasteiger partial charge in [0.15, 0.2) is 0 Å². The summed E-state index contributed by atoms with van der Waals surface area (Å²) in [6.07, 6.45) is 0. The Morgan fingerprint density at radius 2 is 2.14 bits per heavy atom. The number of hydrogen-bond donors (Lipinski definition) is 3. The predicted octanol–water partition coefficient (Wildman–Crippen LogP) is -0.675. The molecule has 0 aliphatic carbocycles. The molecule has 1 aromatic carbocycles. The van der Waals surface area contributed by atoms with Crippen molar-refractivity contribution >= 4 is 15.9 Å². The van der Waals surface area contributed by atoms with Gasteiger partial charge in [0.2, 0.25) is 15.9 Å². The van der Waals surface area contributed by atoms with Crippen LogP contribution < -0.4 is 15.8 Å². The van der Waals surface area contributed by atoms with E-state index >= 15 is 0 Å². The van der Waals surface area contributed by atoms with Crippen LogP contribution in [0.3, 0.4) is 0 Å². The molecule has 0 radical (unpaired) electrons. The van der Waals surface area contributed by atoms with Crippen LogP contribution >= 0.6 is 0 Å². The van der Waals surface area contributed by atoms with Crippen LogP contribution in [0.4, 0.5) is 4.39 Å². The average molecular weight is 319 g/mol. The minimum atomic E-state index is -4.01. The molecule has 0 atom stereocenters. The fourth-order valence-corrected chi connectivity index (χ4v) is 2.82. The first-order chi connectivity index (χ1) is 9.92. The molecule has 0 saturated heterocycles. The topological polar surface area (TPSA) is 111 Å². The molecule has 0 fully saturated rings.